The third-order valence-corrected chi connectivity index (χ3v) is 9.62. The van der Waals surface area contributed by atoms with Crippen LogP contribution in [0.2, 0.25) is 0 Å². The summed E-state index contributed by atoms with van der Waals surface area (Å²) in [4.78, 5) is 7.42. The van der Waals surface area contributed by atoms with Crippen molar-refractivity contribution in [3.63, 3.8) is 0 Å². The number of aromatic amines is 1. The normalized spacial score (nSPS) is 19.1. The second kappa shape index (κ2) is 11.0. The Morgan fingerprint density at radius 2 is 1.56 bits per heavy atom. The number of para-hydroxylation sites is 2. The number of thioether (sulfide) groups is 1. The molecule has 3 aliphatic rings. The van der Waals surface area contributed by atoms with Gasteiger partial charge in [-0.2, -0.15) is 0 Å². The maximum Gasteiger partial charge on any atom is 0.102 e. The molecule has 2 N–H and O–H groups in total. The fourth-order valence-electron chi connectivity index (χ4n) is 6.22. The molecule has 208 valence electrons. The largest absolute Gasteiger partial charge is 0.368 e. The van der Waals surface area contributed by atoms with Crippen LogP contribution in [0, 0.1) is 0 Å². The predicted octanol–water partition coefficient (Wildman–Crippen LogP) is 10.3. The molecule has 0 saturated carbocycles. The van der Waals surface area contributed by atoms with Gasteiger partial charge in [0.1, 0.15) is 5.37 Å². The standard InChI is InChI=1S/C39H31N3S/c1-2-6-13-28(12-5-1)39-41-36-25-23-33-34-26-29(21-24-35(34)40-37(33)38(36)43-39)27-14-11-19-32(22-20-27)42(30-15-7-3-8-16-30)31-17-9-4-10-18-31/h1-5,7-26,32,39-41H,6H2. The van der Waals surface area contributed by atoms with Gasteiger partial charge in [-0.15, -0.1) is 0 Å². The molecule has 2 aliphatic carbocycles. The maximum absolute atomic E-state index is 3.75. The van der Waals surface area contributed by atoms with E-state index in [0.29, 0.717) is 0 Å². The minimum Gasteiger partial charge on any atom is -0.368 e. The summed E-state index contributed by atoms with van der Waals surface area (Å²) in [6, 6.07) is 32.6. The first-order chi connectivity index (χ1) is 21.3. The summed E-state index contributed by atoms with van der Waals surface area (Å²) in [5, 5.41) is 6.49. The van der Waals surface area contributed by atoms with E-state index in [1.54, 1.807) is 0 Å². The molecule has 4 heteroatoms. The second-order valence-electron chi connectivity index (χ2n) is 11.0. The van der Waals surface area contributed by atoms with Crippen molar-refractivity contribution in [3.05, 3.63) is 163 Å². The molecule has 0 fully saturated rings. The number of rotatable bonds is 5. The average Bonchev–Trinajstić information content (AvgIpc) is 3.41. The van der Waals surface area contributed by atoms with Crippen LogP contribution in [0.4, 0.5) is 17.1 Å². The lowest BCUT2D eigenvalue weighted by Gasteiger charge is -2.30. The topological polar surface area (TPSA) is 31.1 Å². The highest BCUT2D eigenvalue weighted by Gasteiger charge is 2.27. The number of hydrogen-bond acceptors (Lipinski definition) is 3. The van der Waals surface area contributed by atoms with Gasteiger partial charge in [-0.3, -0.25) is 0 Å². The molecule has 0 bridgehead atoms. The van der Waals surface area contributed by atoms with Crippen LogP contribution in [0.25, 0.3) is 27.4 Å². The van der Waals surface area contributed by atoms with Crippen LogP contribution in [-0.2, 0) is 0 Å². The zero-order chi connectivity index (χ0) is 28.6. The van der Waals surface area contributed by atoms with Crippen molar-refractivity contribution in [3.8, 4) is 0 Å². The molecule has 1 aromatic heterocycles. The van der Waals surface area contributed by atoms with E-state index in [-0.39, 0.29) is 11.4 Å². The van der Waals surface area contributed by atoms with Crippen molar-refractivity contribution in [2.75, 3.05) is 10.2 Å². The zero-order valence-electron chi connectivity index (χ0n) is 23.7. The highest BCUT2D eigenvalue weighted by atomic mass is 32.2. The lowest BCUT2D eigenvalue weighted by atomic mass is 10.0. The molecule has 43 heavy (non-hydrogen) atoms. The number of H-pyrrole nitrogens is 1. The molecule has 0 spiro atoms. The van der Waals surface area contributed by atoms with Crippen LogP contribution >= 0.6 is 11.8 Å². The van der Waals surface area contributed by atoms with E-state index >= 15 is 0 Å². The summed E-state index contributed by atoms with van der Waals surface area (Å²) in [6.07, 6.45) is 23.2. The molecule has 4 aromatic carbocycles. The van der Waals surface area contributed by atoms with E-state index in [2.05, 4.69) is 167 Å². The van der Waals surface area contributed by atoms with Crippen molar-refractivity contribution < 1.29 is 0 Å². The number of allylic oxidation sites excluding steroid dienone is 8. The third kappa shape index (κ3) is 4.84. The second-order valence-corrected chi connectivity index (χ2v) is 12.1. The number of nitrogens with one attached hydrogen (secondary N) is 2. The van der Waals surface area contributed by atoms with Crippen LogP contribution < -0.4 is 10.2 Å². The van der Waals surface area contributed by atoms with Crippen molar-refractivity contribution >= 4 is 56.2 Å². The predicted molar refractivity (Wildman–Crippen MR) is 185 cm³/mol. The number of fused-ring (bicyclic) bond motifs is 5. The lowest BCUT2D eigenvalue weighted by molar-refractivity contribution is 0.944. The molecular formula is C39H31N3S. The van der Waals surface area contributed by atoms with Crippen LogP contribution in [0.5, 0.6) is 0 Å². The molecular weight excluding hydrogens is 543 g/mol. The first-order valence-electron chi connectivity index (χ1n) is 14.8. The third-order valence-electron chi connectivity index (χ3n) is 8.33. The first-order valence-corrected chi connectivity index (χ1v) is 15.7. The molecule has 0 radical (unpaired) electrons. The Bertz CT molecular complexity index is 1970. The van der Waals surface area contributed by atoms with E-state index in [9.17, 15) is 0 Å². The minimum absolute atomic E-state index is 0.0876. The highest BCUT2D eigenvalue weighted by molar-refractivity contribution is 8.01. The number of aromatic nitrogens is 1. The van der Waals surface area contributed by atoms with Gasteiger partial charge in [-0.05, 0) is 65.6 Å². The molecule has 5 aromatic rings. The Labute approximate surface area is 256 Å². The van der Waals surface area contributed by atoms with Crippen LogP contribution in [0.15, 0.2) is 162 Å². The summed E-state index contributed by atoms with van der Waals surface area (Å²) >= 11 is 1.90. The molecule has 1 aliphatic heterocycles. The number of anilines is 3. The van der Waals surface area contributed by atoms with E-state index in [0.717, 1.165) is 6.42 Å². The SMILES string of the molecule is C1=CCC=C(C2Nc3ccc4c([nH]c5ccc(C6=CC=CC(N(c7ccccc7)c7ccccc7)C=C6)cc54)c3S2)C=C1. The summed E-state index contributed by atoms with van der Waals surface area (Å²) < 4.78 is 0. The van der Waals surface area contributed by atoms with Crippen LogP contribution in [-0.4, -0.2) is 16.4 Å². The van der Waals surface area contributed by atoms with E-state index in [4.69, 9.17) is 0 Å². The van der Waals surface area contributed by atoms with Gasteiger partial charge in [0.15, 0.2) is 0 Å². The molecule has 2 atom stereocenters. The van der Waals surface area contributed by atoms with E-state index < -0.39 is 0 Å². The van der Waals surface area contributed by atoms with Gasteiger partial charge in [0, 0.05) is 27.7 Å². The highest BCUT2D eigenvalue weighted by Crippen LogP contribution is 2.47. The fourth-order valence-corrected chi connectivity index (χ4v) is 7.48. The fraction of sp³-hybridized carbons (Fsp3) is 0.0769. The summed E-state index contributed by atoms with van der Waals surface area (Å²) in [5.41, 5.74) is 9.67. The lowest BCUT2D eigenvalue weighted by Crippen LogP contribution is -2.27. The van der Waals surface area contributed by atoms with Gasteiger partial charge < -0.3 is 15.2 Å². The Morgan fingerprint density at radius 1 is 0.744 bits per heavy atom. The summed E-state index contributed by atoms with van der Waals surface area (Å²) in [5.74, 6) is 0. The van der Waals surface area contributed by atoms with Gasteiger partial charge in [-0.25, -0.2) is 0 Å². The molecule has 2 heterocycles. The van der Waals surface area contributed by atoms with Gasteiger partial charge in [0.2, 0.25) is 0 Å². The molecule has 8 rings (SSSR count). The van der Waals surface area contributed by atoms with E-state index in [1.807, 2.05) is 11.8 Å². The van der Waals surface area contributed by atoms with Crippen molar-refractivity contribution in [2.45, 2.75) is 22.7 Å². The smallest absolute Gasteiger partial charge is 0.102 e. The molecule has 0 saturated heterocycles. The Morgan fingerprint density at radius 3 is 2.37 bits per heavy atom. The Kier molecular flexibility index (Phi) is 6.62. The van der Waals surface area contributed by atoms with Gasteiger partial charge in [-0.1, -0.05) is 121 Å². The van der Waals surface area contributed by atoms with Crippen molar-refractivity contribution in [1.82, 2.24) is 4.98 Å². The molecule has 3 nitrogen and oxygen atoms in total. The minimum atomic E-state index is 0.0876. The average molecular weight is 574 g/mol. The van der Waals surface area contributed by atoms with Crippen molar-refractivity contribution in [2.24, 2.45) is 0 Å². The number of benzene rings is 4. The van der Waals surface area contributed by atoms with Crippen molar-refractivity contribution in [1.29, 1.82) is 0 Å². The number of hydrogen-bond donors (Lipinski definition) is 2. The Hall–Kier alpha value is -4.93. The summed E-state index contributed by atoms with van der Waals surface area (Å²) in [6.45, 7) is 0. The van der Waals surface area contributed by atoms with E-state index in [1.165, 1.54) is 60.5 Å². The van der Waals surface area contributed by atoms with Gasteiger partial charge >= 0.3 is 0 Å². The van der Waals surface area contributed by atoms with Gasteiger partial charge in [0.25, 0.3) is 0 Å². The maximum atomic E-state index is 3.75. The molecule has 2 unspecified atom stereocenters. The monoisotopic (exact) mass is 573 g/mol. The first kappa shape index (κ1) is 25.8. The molecule has 0 amide bonds. The summed E-state index contributed by atoms with van der Waals surface area (Å²) in [7, 11) is 0. The number of nitrogens with zero attached hydrogens (tertiary/aromatic N) is 1. The van der Waals surface area contributed by atoms with Gasteiger partial charge in [0.05, 0.1) is 22.1 Å². The zero-order valence-corrected chi connectivity index (χ0v) is 24.5. The Balaban J connectivity index is 1.11. The van der Waals surface area contributed by atoms with Crippen LogP contribution in [0.3, 0.4) is 0 Å². The quantitative estimate of drug-likeness (QED) is 0.219. The van der Waals surface area contributed by atoms with Crippen LogP contribution in [0.1, 0.15) is 12.0 Å².